The lowest BCUT2D eigenvalue weighted by molar-refractivity contribution is -0.140. The average Bonchev–Trinajstić information content (AvgIpc) is 2.71. The van der Waals surface area contributed by atoms with E-state index >= 15 is 0 Å². The molecule has 2 amide bonds. The van der Waals surface area contributed by atoms with Crippen molar-refractivity contribution >= 4 is 11.8 Å². The first-order valence-corrected chi connectivity index (χ1v) is 7.99. The van der Waals surface area contributed by atoms with Gasteiger partial charge >= 0.3 is 0 Å². The third kappa shape index (κ3) is 6.02. The zero-order chi connectivity index (χ0) is 16.5. The van der Waals surface area contributed by atoms with Crippen LogP contribution in [0.3, 0.4) is 0 Å². The molecule has 0 radical (unpaired) electrons. The number of likely N-dealkylation sites (tertiary alicyclic amines) is 1. The van der Waals surface area contributed by atoms with Crippen molar-refractivity contribution < 1.29 is 23.8 Å². The second-order valence-corrected chi connectivity index (χ2v) is 6.02. The molecule has 2 atom stereocenters. The van der Waals surface area contributed by atoms with Crippen LogP contribution >= 0.6 is 0 Å². The van der Waals surface area contributed by atoms with Crippen molar-refractivity contribution in [3.05, 3.63) is 0 Å². The fraction of sp³-hybridized carbons (Fsp3) is 0.875. The summed E-state index contributed by atoms with van der Waals surface area (Å²) in [7, 11) is 1.72. The Kier molecular flexibility index (Phi) is 8.60. The fourth-order valence-electron chi connectivity index (χ4n) is 2.48. The highest BCUT2D eigenvalue weighted by Gasteiger charge is 2.34. The van der Waals surface area contributed by atoms with Gasteiger partial charge in [0.15, 0.2) is 0 Å². The van der Waals surface area contributed by atoms with E-state index < -0.39 is 0 Å². The minimum absolute atomic E-state index is 0.0934. The maximum atomic E-state index is 11.7. The number of carbonyl (C=O) groups excluding carboxylic acids is 2. The van der Waals surface area contributed by atoms with Crippen LogP contribution < -0.4 is 0 Å². The molecule has 1 fully saturated rings. The molecule has 6 heteroatoms. The lowest BCUT2D eigenvalue weighted by atomic mass is 10.1. The van der Waals surface area contributed by atoms with Crippen LogP contribution in [-0.4, -0.2) is 62.9 Å². The van der Waals surface area contributed by atoms with E-state index in [1.165, 1.54) is 4.90 Å². The molecule has 0 N–H and O–H groups in total. The number of nitrogens with zero attached hydrogens (tertiary/aromatic N) is 1. The molecule has 0 aliphatic carbocycles. The molecule has 1 saturated heterocycles. The number of rotatable bonds is 11. The molecule has 22 heavy (non-hydrogen) atoms. The number of hydrogen-bond donors (Lipinski definition) is 0. The molecule has 1 rings (SSSR count). The summed E-state index contributed by atoms with van der Waals surface area (Å²) in [6, 6.07) is 0. The molecule has 0 bridgehead atoms. The highest BCUT2D eigenvalue weighted by atomic mass is 16.5. The van der Waals surface area contributed by atoms with Gasteiger partial charge < -0.3 is 14.2 Å². The topological polar surface area (TPSA) is 65.1 Å². The molecule has 1 heterocycles. The molecular weight excluding hydrogens is 286 g/mol. The van der Waals surface area contributed by atoms with Crippen LogP contribution in [0.5, 0.6) is 0 Å². The van der Waals surface area contributed by atoms with Crippen molar-refractivity contribution in [3.63, 3.8) is 0 Å². The highest BCUT2D eigenvalue weighted by Crippen LogP contribution is 2.17. The van der Waals surface area contributed by atoms with Crippen LogP contribution in [0.25, 0.3) is 0 Å². The van der Waals surface area contributed by atoms with E-state index in [1.54, 1.807) is 14.0 Å². The summed E-state index contributed by atoms with van der Waals surface area (Å²) in [5, 5.41) is 0. The highest BCUT2D eigenvalue weighted by molar-refractivity contribution is 6.03. The van der Waals surface area contributed by atoms with E-state index in [1.807, 2.05) is 0 Å². The van der Waals surface area contributed by atoms with Crippen LogP contribution in [0.15, 0.2) is 0 Å². The Morgan fingerprint density at radius 1 is 1.14 bits per heavy atom. The Hall–Kier alpha value is -0.980. The Bertz CT molecular complexity index is 358. The Labute approximate surface area is 133 Å². The van der Waals surface area contributed by atoms with E-state index in [-0.39, 0.29) is 23.8 Å². The number of amides is 2. The van der Waals surface area contributed by atoms with E-state index in [2.05, 4.69) is 13.8 Å². The zero-order valence-electron chi connectivity index (χ0n) is 14.2. The summed E-state index contributed by atoms with van der Waals surface area (Å²) < 4.78 is 16.3. The Balaban J connectivity index is 2.00. The van der Waals surface area contributed by atoms with Gasteiger partial charge in [0.25, 0.3) is 0 Å². The number of imide groups is 1. The van der Waals surface area contributed by atoms with Crippen molar-refractivity contribution in [1.29, 1.82) is 0 Å². The smallest absolute Gasteiger partial charge is 0.232 e. The molecule has 0 spiro atoms. The van der Waals surface area contributed by atoms with Gasteiger partial charge in [0.1, 0.15) is 0 Å². The van der Waals surface area contributed by atoms with Crippen molar-refractivity contribution in [3.8, 4) is 0 Å². The molecule has 0 aromatic heterocycles. The summed E-state index contributed by atoms with van der Waals surface area (Å²) in [5.74, 6) is 0.0917. The second-order valence-electron chi connectivity index (χ2n) is 6.02. The molecule has 0 aromatic carbocycles. The third-order valence-electron chi connectivity index (χ3n) is 3.89. The van der Waals surface area contributed by atoms with E-state index in [0.29, 0.717) is 45.3 Å². The molecule has 0 aromatic rings. The molecular formula is C16H29NO5. The summed E-state index contributed by atoms with van der Waals surface area (Å²) >= 11 is 0. The Morgan fingerprint density at radius 2 is 1.77 bits per heavy atom. The molecule has 0 saturated carbocycles. The molecule has 1 aliphatic rings. The zero-order valence-corrected chi connectivity index (χ0v) is 14.2. The van der Waals surface area contributed by atoms with Crippen molar-refractivity contribution in [2.75, 3.05) is 40.1 Å². The summed E-state index contributed by atoms with van der Waals surface area (Å²) in [6.07, 6.45) is 1.40. The summed E-state index contributed by atoms with van der Waals surface area (Å²) in [6.45, 7) is 8.33. The number of hydrogen-bond acceptors (Lipinski definition) is 5. The van der Waals surface area contributed by atoms with Gasteiger partial charge in [-0.05, 0) is 12.3 Å². The minimum atomic E-state index is -0.189. The molecule has 6 nitrogen and oxygen atoms in total. The van der Waals surface area contributed by atoms with Gasteiger partial charge in [-0.2, -0.15) is 0 Å². The third-order valence-corrected chi connectivity index (χ3v) is 3.89. The Morgan fingerprint density at radius 3 is 2.27 bits per heavy atom. The van der Waals surface area contributed by atoms with Gasteiger partial charge in [0, 0.05) is 26.1 Å². The van der Waals surface area contributed by atoms with Gasteiger partial charge in [-0.1, -0.05) is 20.8 Å². The van der Waals surface area contributed by atoms with E-state index in [4.69, 9.17) is 14.2 Å². The average molecular weight is 315 g/mol. The predicted molar refractivity (Wildman–Crippen MR) is 82.4 cm³/mol. The standard InChI is InChI=1S/C16H29NO5/c1-12(2)14(20-4)5-7-21-9-10-22-8-6-17-15(18)11-13(3)16(17)19/h12-14H,5-11H2,1-4H3. The lowest BCUT2D eigenvalue weighted by Gasteiger charge is -2.19. The fourth-order valence-corrected chi connectivity index (χ4v) is 2.48. The van der Waals surface area contributed by atoms with E-state index in [9.17, 15) is 9.59 Å². The van der Waals surface area contributed by atoms with Gasteiger partial charge in [-0.3, -0.25) is 14.5 Å². The molecule has 128 valence electrons. The van der Waals surface area contributed by atoms with Crippen LogP contribution in [0, 0.1) is 11.8 Å². The molecule has 1 aliphatic heterocycles. The first-order chi connectivity index (χ1) is 10.5. The quantitative estimate of drug-likeness (QED) is 0.427. The van der Waals surface area contributed by atoms with Gasteiger partial charge in [0.05, 0.1) is 32.5 Å². The SMILES string of the molecule is COC(CCOCCOCCN1C(=O)CC(C)C1=O)C(C)C. The van der Waals surface area contributed by atoms with Gasteiger partial charge in [0.2, 0.25) is 11.8 Å². The van der Waals surface area contributed by atoms with Crippen LogP contribution in [0.2, 0.25) is 0 Å². The monoisotopic (exact) mass is 315 g/mol. The number of carbonyl (C=O) groups is 2. The van der Waals surface area contributed by atoms with E-state index in [0.717, 1.165) is 6.42 Å². The predicted octanol–water partition coefficient (Wildman–Crippen LogP) is 1.48. The van der Waals surface area contributed by atoms with Crippen molar-refractivity contribution in [1.82, 2.24) is 4.90 Å². The number of ether oxygens (including phenoxy) is 3. The largest absolute Gasteiger partial charge is 0.381 e. The second kappa shape index (κ2) is 9.92. The summed E-state index contributed by atoms with van der Waals surface area (Å²) in [4.78, 5) is 24.5. The number of methoxy groups -OCH3 is 1. The lowest BCUT2D eigenvalue weighted by Crippen LogP contribution is -2.33. The van der Waals surface area contributed by atoms with Crippen molar-refractivity contribution in [2.45, 2.75) is 39.7 Å². The van der Waals surface area contributed by atoms with Gasteiger partial charge in [-0.15, -0.1) is 0 Å². The van der Waals surface area contributed by atoms with Crippen LogP contribution in [0.4, 0.5) is 0 Å². The van der Waals surface area contributed by atoms with Gasteiger partial charge in [-0.25, -0.2) is 0 Å². The maximum absolute atomic E-state index is 11.7. The molecule has 2 unspecified atom stereocenters. The first-order valence-electron chi connectivity index (χ1n) is 7.99. The first kappa shape index (κ1) is 19.1. The normalized spacial score (nSPS) is 20.2. The van der Waals surface area contributed by atoms with Crippen molar-refractivity contribution in [2.24, 2.45) is 11.8 Å². The van der Waals surface area contributed by atoms with Crippen LogP contribution in [0.1, 0.15) is 33.6 Å². The maximum Gasteiger partial charge on any atom is 0.232 e. The summed E-state index contributed by atoms with van der Waals surface area (Å²) in [5.41, 5.74) is 0. The minimum Gasteiger partial charge on any atom is -0.381 e. The van der Waals surface area contributed by atoms with Crippen LogP contribution in [-0.2, 0) is 23.8 Å².